The lowest BCUT2D eigenvalue weighted by Gasteiger charge is -2.27. The predicted molar refractivity (Wildman–Crippen MR) is 46.8 cm³/mol. The van der Waals surface area contributed by atoms with Crippen molar-refractivity contribution in [1.82, 2.24) is 0 Å². The highest BCUT2D eigenvalue weighted by atomic mass is 16.6. The average molecular weight is 170 g/mol. The van der Waals surface area contributed by atoms with Crippen molar-refractivity contribution in [2.24, 2.45) is 0 Å². The molecule has 2 saturated heterocycles. The molecule has 0 radical (unpaired) electrons. The Labute approximate surface area is 73.9 Å². The van der Waals surface area contributed by atoms with Gasteiger partial charge in [0.25, 0.3) is 0 Å². The van der Waals surface area contributed by atoms with Crippen LogP contribution in [0.1, 0.15) is 51.4 Å². The van der Waals surface area contributed by atoms with Crippen molar-refractivity contribution in [3.63, 3.8) is 0 Å². The molecule has 2 aliphatic heterocycles. The zero-order chi connectivity index (χ0) is 8.44. The summed E-state index contributed by atoms with van der Waals surface area (Å²) in [7, 11) is 0. The second-order valence-electron chi connectivity index (χ2n) is 4.18. The fourth-order valence-corrected chi connectivity index (χ4v) is 2.36. The Morgan fingerprint density at radius 1 is 1.00 bits per heavy atom. The molecule has 0 atom stereocenters. The smallest absolute Gasteiger partial charge is 0.165 e. The Hall–Kier alpha value is -0.0800. The number of rotatable bonds is 0. The van der Waals surface area contributed by atoms with Crippen molar-refractivity contribution in [2.75, 3.05) is 0 Å². The molecule has 2 bridgehead atoms. The molecule has 12 heavy (non-hydrogen) atoms. The maximum atomic E-state index is 10.0. The molecule has 2 heterocycles. The summed E-state index contributed by atoms with van der Waals surface area (Å²) in [5, 5.41) is 10.0. The van der Waals surface area contributed by atoms with E-state index in [4.69, 9.17) is 4.74 Å². The summed E-state index contributed by atoms with van der Waals surface area (Å²) in [6.07, 6.45) is 9.08. The SMILES string of the molecule is OC12CCCCC(CCCC1)O2. The molecule has 2 aliphatic rings. The number of ether oxygens (including phenoxy) is 1. The molecule has 2 fully saturated rings. The summed E-state index contributed by atoms with van der Waals surface area (Å²) < 4.78 is 5.72. The molecule has 70 valence electrons. The van der Waals surface area contributed by atoms with Gasteiger partial charge in [-0.3, -0.25) is 0 Å². The van der Waals surface area contributed by atoms with Crippen LogP contribution in [0, 0.1) is 0 Å². The minimum absolute atomic E-state index is 0.347. The van der Waals surface area contributed by atoms with E-state index in [-0.39, 0.29) is 0 Å². The number of hydrogen-bond donors (Lipinski definition) is 1. The Balaban J connectivity index is 2.08. The van der Waals surface area contributed by atoms with Crippen LogP contribution in [0.3, 0.4) is 0 Å². The van der Waals surface area contributed by atoms with Crippen LogP contribution in [0.4, 0.5) is 0 Å². The van der Waals surface area contributed by atoms with E-state index in [0.29, 0.717) is 6.10 Å². The van der Waals surface area contributed by atoms with Gasteiger partial charge in [0.1, 0.15) is 0 Å². The van der Waals surface area contributed by atoms with Gasteiger partial charge in [-0.25, -0.2) is 0 Å². The van der Waals surface area contributed by atoms with E-state index in [1.54, 1.807) is 0 Å². The van der Waals surface area contributed by atoms with Crippen LogP contribution < -0.4 is 0 Å². The number of hydrogen-bond acceptors (Lipinski definition) is 2. The summed E-state index contributed by atoms with van der Waals surface area (Å²) in [4.78, 5) is 0. The van der Waals surface area contributed by atoms with E-state index in [1.165, 1.54) is 12.8 Å². The number of fused-ring (bicyclic) bond motifs is 2. The van der Waals surface area contributed by atoms with Crippen LogP contribution in [0.2, 0.25) is 0 Å². The molecule has 0 unspecified atom stereocenters. The Kier molecular flexibility index (Phi) is 2.37. The molecule has 2 rings (SSSR count). The molecule has 0 amide bonds. The largest absolute Gasteiger partial charge is 0.365 e. The van der Waals surface area contributed by atoms with Gasteiger partial charge in [-0.1, -0.05) is 12.8 Å². The standard InChI is InChI=1S/C10H18O2/c11-10-7-3-1-5-9(12-10)6-2-4-8-10/h9,11H,1-8H2. The van der Waals surface area contributed by atoms with Crippen molar-refractivity contribution in [1.29, 1.82) is 0 Å². The van der Waals surface area contributed by atoms with Crippen molar-refractivity contribution in [3.05, 3.63) is 0 Å². The monoisotopic (exact) mass is 170 g/mol. The zero-order valence-electron chi connectivity index (χ0n) is 7.59. The first-order valence-electron chi connectivity index (χ1n) is 5.19. The van der Waals surface area contributed by atoms with Gasteiger partial charge in [-0.2, -0.15) is 0 Å². The van der Waals surface area contributed by atoms with Crippen molar-refractivity contribution < 1.29 is 9.84 Å². The highest BCUT2D eigenvalue weighted by Gasteiger charge is 2.34. The van der Waals surface area contributed by atoms with Gasteiger partial charge in [-0.15, -0.1) is 0 Å². The quantitative estimate of drug-likeness (QED) is 0.604. The van der Waals surface area contributed by atoms with Crippen molar-refractivity contribution in [3.8, 4) is 0 Å². The second-order valence-corrected chi connectivity index (χ2v) is 4.18. The van der Waals surface area contributed by atoms with Crippen LogP contribution in [0.5, 0.6) is 0 Å². The molecule has 0 aromatic carbocycles. The molecule has 0 spiro atoms. The minimum atomic E-state index is -0.752. The lowest BCUT2D eigenvalue weighted by atomic mass is 9.99. The van der Waals surface area contributed by atoms with E-state index < -0.39 is 5.79 Å². The first-order chi connectivity index (χ1) is 5.79. The lowest BCUT2D eigenvalue weighted by Crippen LogP contribution is -2.33. The molecule has 0 aliphatic carbocycles. The topological polar surface area (TPSA) is 29.5 Å². The average Bonchev–Trinajstić information content (AvgIpc) is 2.33. The summed E-state index contributed by atoms with van der Waals surface area (Å²) in [6, 6.07) is 0. The van der Waals surface area contributed by atoms with Gasteiger partial charge in [0.15, 0.2) is 5.79 Å². The fourth-order valence-electron chi connectivity index (χ4n) is 2.36. The Morgan fingerprint density at radius 2 is 1.58 bits per heavy atom. The summed E-state index contributed by atoms with van der Waals surface area (Å²) in [5.41, 5.74) is 0. The Morgan fingerprint density at radius 3 is 2.17 bits per heavy atom. The summed E-state index contributed by atoms with van der Waals surface area (Å²) in [5.74, 6) is -0.752. The van der Waals surface area contributed by atoms with Gasteiger partial charge in [0, 0.05) is 12.8 Å². The third-order valence-corrected chi connectivity index (χ3v) is 3.07. The van der Waals surface area contributed by atoms with Crippen LogP contribution >= 0.6 is 0 Å². The second kappa shape index (κ2) is 3.35. The lowest BCUT2D eigenvalue weighted by molar-refractivity contribution is -0.226. The van der Waals surface area contributed by atoms with Crippen LogP contribution in [-0.4, -0.2) is 17.0 Å². The molecule has 0 saturated carbocycles. The highest BCUT2D eigenvalue weighted by Crippen LogP contribution is 2.34. The zero-order valence-corrected chi connectivity index (χ0v) is 7.59. The Bertz CT molecular complexity index is 144. The fraction of sp³-hybridized carbons (Fsp3) is 1.00. The van der Waals surface area contributed by atoms with E-state index in [9.17, 15) is 5.11 Å². The van der Waals surface area contributed by atoms with Gasteiger partial charge in [0.05, 0.1) is 6.10 Å². The van der Waals surface area contributed by atoms with Crippen LogP contribution in [0.25, 0.3) is 0 Å². The van der Waals surface area contributed by atoms with Gasteiger partial charge >= 0.3 is 0 Å². The van der Waals surface area contributed by atoms with Crippen molar-refractivity contribution in [2.45, 2.75) is 63.3 Å². The normalized spacial score (nSPS) is 43.2. The third-order valence-electron chi connectivity index (χ3n) is 3.07. The molecular formula is C10H18O2. The highest BCUT2D eigenvalue weighted by molar-refractivity contribution is 4.78. The molecule has 2 heteroatoms. The summed E-state index contributed by atoms with van der Waals surface area (Å²) >= 11 is 0. The molecule has 0 aromatic heterocycles. The minimum Gasteiger partial charge on any atom is -0.365 e. The van der Waals surface area contributed by atoms with E-state index in [2.05, 4.69) is 0 Å². The predicted octanol–water partition coefficient (Wildman–Crippen LogP) is 2.21. The van der Waals surface area contributed by atoms with Crippen LogP contribution in [-0.2, 0) is 4.74 Å². The number of aliphatic hydroxyl groups is 1. The molecule has 0 aromatic rings. The van der Waals surface area contributed by atoms with Gasteiger partial charge < -0.3 is 9.84 Å². The van der Waals surface area contributed by atoms with E-state index >= 15 is 0 Å². The first-order valence-corrected chi connectivity index (χ1v) is 5.19. The maximum Gasteiger partial charge on any atom is 0.165 e. The van der Waals surface area contributed by atoms with E-state index in [1.807, 2.05) is 0 Å². The van der Waals surface area contributed by atoms with Crippen molar-refractivity contribution >= 4 is 0 Å². The molecule has 1 N–H and O–H groups in total. The maximum absolute atomic E-state index is 10.0. The van der Waals surface area contributed by atoms with E-state index in [0.717, 1.165) is 38.5 Å². The van der Waals surface area contributed by atoms with Gasteiger partial charge in [0.2, 0.25) is 0 Å². The first kappa shape index (κ1) is 8.52. The third kappa shape index (κ3) is 1.80. The van der Waals surface area contributed by atoms with Crippen LogP contribution in [0.15, 0.2) is 0 Å². The molecule has 2 nitrogen and oxygen atoms in total. The molecular weight excluding hydrogens is 152 g/mol. The van der Waals surface area contributed by atoms with Gasteiger partial charge in [-0.05, 0) is 25.7 Å². The summed E-state index contributed by atoms with van der Waals surface area (Å²) in [6.45, 7) is 0.